The molecule has 0 aromatic heterocycles. The molecule has 0 N–H and O–H groups in total. The molecule has 0 amide bonds. The minimum absolute atomic E-state index is 0.0112. The van der Waals surface area contributed by atoms with E-state index in [9.17, 15) is 0 Å². The minimum Gasteiger partial charge on any atom is -0.376 e. The highest BCUT2D eigenvalue weighted by Gasteiger charge is 2.58. The van der Waals surface area contributed by atoms with Gasteiger partial charge in [-0.3, -0.25) is 0 Å². The summed E-state index contributed by atoms with van der Waals surface area (Å²) in [7, 11) is -1.42. The first-order chi connectivity index (χ1) is 19.7. The van der Waals surface area contributed by atoms with Gasteiger partial charge < -0.3 is 4.74 Å². The molecular weight excluding hydrogens is 513 g/mol. The summed E-state index contributed by atoms with van der Waals surface area (Å²) in [6.45, 7) is 17.4. The van der Waals surface area contributed by atoms with Crippen LogP contribution in [0, 0.1) is 29.6 Å². The van der Waals surface area contributed by atoms with Crippen molar-refractivity contribution >= 4 is 8.07 Å². The van der Waals surface area contributed by atoms with E-state index in [-0.39, 0.29) is 5.60 Å². The molecule has 4 saturated carbocycles. The lowest BCUT2D eigenvalue weighted by atomic mass is 9.71. The van der Waals surface area contributed by atoms with E-state index < -0.39 is 8.07 Å². The fourth-order valence-electron chi connectivity index (χ4n) is 10.8. The Balaban J connectivity index is 0.00000124. The average Bonchev–Trinajstić information content (AvgIpc) is 3.54. The topological polar surface area (TPSA) is 9.23 Å². The molecule has 0 saturated heterocycles. The molecule has 1 aromatic carbocycles. The molecule has 9 atom stereocenters. The van der Waals surface area contributed by atoms with Crippen LogP contribution in [0.2, 0.25) is 23.7 Å². The van der Waals surface area contributed by atoms with E-state index in [4.69, 9.17) is 4.74 Å². The molecule has 2 heteroatoms. The maximum Gasteiger partial charge on any atom is 0.0598 e. The van der Waals surface area contributed by atoms with Gasteiger partial charge >= 0.3 is 0 Å². The Bertz CT molecular complexity index is 875. The smallest absolute Gasteiger partial charge is 0.0598 e. The average molecular weight is 581 g/mol. The van der Waals surface area contributed by atoms with Crippen molar-refractivity contribution in [2.75, 3.05) is 6.61 Å². The van der Waals surface area contributed by atoms with E-state index in [0.717, 1.165) is 53.2 Å². The van der Waals surface area contributed by atoms with Crippen LogP contribution in [0.4, 0.5) is 0 Å². The lowest BCUT2D eigenvalue weighted by Gasteiger charge is -2.49. The maximum absolute atomic E-state index is 6.03. The fraction of sp³-hybridized carbons (Fsp3) is 0.846. The molecule has 4 fully saturated rings. The van der Waals surface area contributed by atoms with Gasteiger partial charge in [0.25, 0.3) is 0 Å². The molecule has 5 rings (SSSR count). The van der Waals surface area contributed by atoms with Crippen LogP contribution in [-0.2, 0) is 4.74 Å². The van der Waals surface area contributed by atoms with Gasteiger partial charge in [0, 0.05) is 6.61 Å². The van der Waals surface area contributed by atoms with Crippen LogP contribution in [0.3, 0.4) is 0 Å². The Kier molecular flexibility index (Phi) is 12.5. The van der Waals surface area contributed by atoms with Crippen LogP contribution < -0.4 is 0 Å². The Morgan fingerprint density at radius 1 is 0.780 bits per heavy atom. The summed E-state index contributed by atoms with van der Waals surface area (Å²) in [5.74, 6) is 5.94. The lowest BCUT2D eigenvalue weighted by molar-refractivity contribution is -0.00471. The second kappa shape index (κ2) is 15.4. The number of ether oxygens (including phenoxy) is 1. The van der Waals surface area contributed by atoms with Crippen molar-refractivity contribution in [2.45, 2.75) is 173 Å². The maximum atomic E-state index is 6.03. The molecule has 0 heterocycles. The second-order valence-corrected chi connectivity index (χ2v) is 21.2. The van der Waals surface area contributed by atoms with Gasteiger partial charge in [0.1, 0.15) is 0 Å². The van der Waals surface area contributed by atoms with E-state index in [0.29, 0.717) is 0 Å². The van der Waals surface area contributed by atoms with Crippen LogP contribution in [0.25, 0.3) is 0 Å². The van der Waals surface area contributed by atoms with Crippen molar-refractivity contribution in [2.24, 2.45) is 29.6 Å². The predicted octanol–water partition coefficient (Wildman–Crippen LogP) is 12.4. The summed E-state index contributed by atoms with van der Waals surface area (Å²) in [6, 6.07) is 13.3. The van der Waals surface area contributed by atoms with Gasteiger partial charge in [-0.2, -0.15) is 0 Å². The quantitative estimate of drug-likeness (QED) is 0.197. The molecule has 41 heavy (non-hydrogen) atoms. The van der Waals surface area contributed by atoms with E-state index >= 15 is 0 Å². The van der Waals surface area contributed by atoms with Gasteiger partial charge in [-0.05, 0) is 92.2 Å². The molecule has 0 aliphatic heterocycles. The Hall–Kier alpha value is -0.603. The highest BCUT2D eigenvalue weighted by Crippen LogP contribution is 2.66. The van der Waals surface area contributed by atoms with Gasteiger partial charge in [-0.25, -0.2) is 0 Å². The Labute approximate surface area is 257 Å². The fourth-order valence-corrected chi connectivity index (χ4v) is 18.1. The van der Waals surface area contributed by atoms with Gasteiger partial charge in [-0.15, -0.1) is 0 Å². The zero-order valence-corrected chi connectivity index (χ0v) is 29.4. The summed E-state index contributed by atoms with van der Waals surface area (Å²) in [6.07, 6.45) is 22.1. The molecule has 0 radical (unpaired) electrons. The zero-order chi connectivity index (χ0) is 29.5. The van der Waals surface area contributed by atoms with E-state index in [1.807, 2.05) is 0 Å². The normalized spacial score (nSPS) is 34.7. The number of hydrogen-bond donors (Lipinski definition) is 0. The highest BCUT2D eigenvalue weighted by molar-refractivity contribution is 6.81. The first-order valence-electron chi connectivity index (χ1n) is 18.4. The third-order valence-corrected chi connectivity index (χ3v) is 18.5. The van der Waals surface area contributed by atoms with E-state index in [1.54, 1.807) is 37.3 Å². The van der Waals surface area contributed by atoms with E-state index in [1.165, 1.54) is 70.6 Å². The number of hydrogen-bond acceptors (Lipinski definition) is 1. The molecule has 4 aliphatic rings. The summed E-state index contributed by atoms with van der Waals surface area (Å²) >= 11 is 0. The van der Waals surface area contributed by atoms with Crippen LogP contribution in [0.5, 0.6) is 0 Å². The minimum atomic E-state index is -1.42. The number of fused-ring (bicyclic) bond motifs is 2. The number of unbranched alkanes of at least 4 members (excludes halogenated alkanes) is 3. The van der Waals surface area contributed by atoms with Crippen molar-refractivity contribution in [3.8, 4) is 0 Å². The van der Waals surface area contributed by atoms with Crippen LogP contribution in [0.1, 0.15) is 149 Å². The second-order valence-electron chi connectivity index (χ2n) is 16.2. The van der Waals surface area contributed by atoms with Crippen molar-refractivity contribution in [1.29, 1.82) is 0 Å². The molecule has 1 aromatic rings. The third-order valence-electron chi connectivity index (χ3n) is 12.2. The Morgan fingerprint density at radius 2 is 1.46 bits per heavy atom. The van der Waals surface area contributed by atoms with Gasteiger partial charge in [-0.1, -0.05) is 141 Å². The zero-order valence-electron chi connectivity index (χ0n) is 28.4. The standard InChI is InChI=1S/C36H60OSi.C3H8/c1-27-26-33-30(28-16-9-8-10-17-28)20-15-21-32(33)35(27)38(5,25-14-7-6-13-24-37-36(2,3)4)34-23-22-29-18-11-12-19-31(29)34;1-3-2/h8-10,16-17,27,29-35H,6-7,11-15,18-26H2,1-5H3;3H2,1-2H3/t27?,29?,30?,31?,32?,33?,34?,35?,38-;/m1./s1. The first-order valence-corrected chi connectivity index (χ1v) is 21.2. The van der Waals surface area contributed by atoms with Gasteiger partial charge in [0.05, 0.1) is 13.7 Å². The molecule has 0 bridgehead atoms. The molecule has 0 spiro atoms. The van der Waals surface area contributed by atoms with Crippen LogP contribution in [-0.4, -0.2) is 20.3 Å². The van der Waals surface area contributed by atoms with E-state index in [2.05, 4.69) is 78.4 Å². The third kappa shape index (κ3) is 8.32. The van der Waals surface area contributed by atoms with Crippen molar-refractivity contribution in [3.05, 3.63) is 35.9 Å². The predicted molar refractivity (Wildman–Crippen MR) is 183 cm³/mol. The molecule has 8 unspecified atom stereocenters. The number of benzene rings is 1. The lowest BCUT2D eigenvalue weighted by Crippen LogP contribution is -2.48. The Morgan fingerprint density at radius 3 is 2.20 bits per heavy atom. The van der Waals surface area contributed by atoms with Gasteiger partial charge in [0.2, 0.25) is 0 Å². The monoisotopic (exact) mass is 581 g/mol. The molecule has 234 valence electrons. The summed E-state index contributed by atoms with van der Waals surface area (Å²) < 4.78 is 6.03. The largest absolute Gasteiger partial charge is 0.376 e. The number of rotatable bonds is 10. The van der Waals surface area contributed by atoms with Crippen molar-refractivity contribution in [3.63, 3.8) is 0 Å². The SMILES string of the molecule is CC1CC2C(c3ccccc3)CCCC2C1[Si@](C)(CCCCCCOC(C)(C)C)C1CCC2CCCCC21.CCC. The van der Waals surface area contributed by atoms with Crippen molar-refractivity contribution < 1.29 is 4.74 Å². The molecule has 1 nitrogen and oxygen atoms in total. The highest BCUT2D eigenvalue weighted by atomic mass is 28.3. The van der Waals surface area contributed by atoms with Crippen molar-refractivity contribution in [1.82, 2.24) is 0 Å². The summed E-state index contributed by atoms with van der Waals surface area (Å²) in [5.41, 5.74) is 3.87. The first kappa shape index (κ1) is 33.3. The molecular formula is C39H68OSi. The van der Waals surface area contributed by atoms with Gasteiger partial charge in [0.15, 0.2) is 0 Å². The van der Waals surface area contributed by atoms with Crippen LogP contribution >= 0.6 is 0 Å². The summed E-state index contributed by atoms with van der Waals surface area (Å²) in [4.78, 5) is 0. The van der Waals surface area contributed by atoms with Crippen LogP contribution in [0.15, 0.2) is 30.3 Å². The summed E-state index contributed by atoms with van der Waals surface area (Å²) in [5, 5.41) is 0. The molecule has 4 aliphatic carbocycles.